The molecular weight excluding hydrogens is 537 g/mol. The number of carboxylic acids is 1. The quantitative estimate of drug-likeness (QED) is 0.354. The number of halogens is 1. The zero-order valence-corrected chi connectivity index (χ0v) is 23.0. The van der Waals surface area contributed by atoms with Gasteiger partial charge in [0.05, 0.1) is 16.6 Å². The van der Waals surface area contributed by atoms with Crippen LogP contribution in [0.2, 0.25) is 0 Å². The first-order valence-corrected chi connectivity index (χ1v) is 14.0. The van der Waals surface area contributed by atoms with Crippen molar-refractivity contribution >= 4 is 28.2 Å². The molecule has 0 bridgehead atoms. The van der Waals surface area contributed by atoms with E-state index in [1.54, 1.807) is 17.0 Å². The first-order valence-electron chi connectivity index (χ1n) is 14.0. The molecule has 214 valence electrons. The minimum atomic E-state index is -1.43. The van der Waals surface area contributed by atoms with E-state index in [1.165, 1.54) is 23.6 Å². The van der Waals surface area contributed by atoms with Crippen molar-refractivity contribution in [3.63, 3.8) is 0 Å². The minimum Gasteiger partial charge on any atom is -0.504 e. The molecule has 0 spiro atoms. The molecule has 3 heterocycles. The predicted octanol–water partition coefficient (Wildman–Crippen LogP) is 4.33. The van der Waals surface area contributed by atoms with Crippen LogP contribution in [0.25, 0.3) is 16.6 Å². The molecule has 0 saturated carbocycles. The second-order valence-corrected chi connectivity index (χ2v) is 10.8. The normalized spacial score (nSPS) is 15.7. The largest absolute Gasteiger partial charge is 0.504 e. The zero-order chi connectivity index (χ0) is 29.4. The molecule has 1 aromatic heterocycles. The number of para-hydroxylation sites is 1. The predicted molar refractivity (Wildman–Crippen MR) is 158 cm³/mol. The van der Waals surface area contributed by atoms with Gasteiger partial charge in [-0.2, -0.15) is 5.26 Å². The van der Waals surface area contributed by atoms with Crippen LogP contribution < -0.4 is 15.2 Å². The van der Waals surface area contributed by atoms with Crippen LogP contribution in [0.1, 0.15) is 34.3 Å². The van der Waals surface area contributed by atoms with Gasteiger partial charge in [-0.15, -0.1) is 0 Å². The first-order chi connectivity index (χ1) is 20.4. The van der Waals surface area contributed by atoms with Gasteiger partial charge in [0.15, 0.2) is 11.6 Å². The van der Waals surface area contributed by atoms with Gasteiger partial charge in [0.1, 0.15) is 22.8 Å². The highest BCUT2D eigenvalue weighted by molar-refractivity contribution is 5.97. The Morgan fingerprint density at radius 3 is 2.29 bits per heavy atom. The summed E-state index contributed by atoms with van der Waals surface area (Å²) in [7, 11) is 0. The second-order valence-electron chi connectivity index (χ2n) is 10.8. The van der Waals surface area contributed by atoms with Crippen LogP contribution in [0.4, 0.5) is 15.8 Å². The summed E-state index contributed by atoms with van der Waals surface area (Å²) >= 11 is 0. The highest BCUT2D eigenvalue weighted by Gasteiger charge is 2.28. The monoisotopic (exact) mass is 567 g/mol. The summed E-state index contributed by atoms with van der Waals surface area (Å²) in [4.78, 5) is 31.2. The topological polar surface area (TPSA) is 113 Å². The second kappa shape index (κ2) is 11.2. The Kier molecular flexibility index (Phi) is 7.27. The number of aromatic nitrogens is 1. The van der Waals surface area contributed by atoms with Gasteiger partial charge in [0.25, 0.3) is 0 Å². The number of phenols is 1. The Hall–Kier alpha value is -4.88. The number of benzene rings is 3. The van der Waals surface area contributed by atoms with Gasteiger partial charge in [-0.25, -0.2) is 9.18 Å². The summed E-state index contributed by atoms with van der Waals surface area (Å²) in [6.07, 6.45) is 3.56. The lowest BCUT2D eigenvalue weighted by atomic mass is 10.1. The van der Waals surface area contributed by atoms with Gasteiger partial charge < -0.3 is 24.6 Å². The molecule has 4 aromatic rings. The van der Waals surface area contributed by atoms with E-state index in [2.05, 4.69) is 11.0 Å². The number of aromatic carboxylic acids is 1. The molecule has 0 atom stereocenters. The molecule has 0 radical (unpaired) electrons. The highest BCUT2D eigenvalue weighted by Crippen LogP contribution is 2.39. The number of pyridine rings is 1. The summed E-state index contributed by atoms with van der Waals surface area (Å²) in [6.45, 7) is 4.59. The molecule has 0 amide bonds. The number of likely N-dealkylation sites (tertiary alicyclic amines) is 1. The van der Waals surface area contributed by atoms with E-state index in [1.807, 2.05) is 41.3 Å². The number of fused-ring (bicyclic) bond motifs is 1. The number of phenolic OH excluding ortho intramolecular Hbond substituents is 1. The average Bonchev–Trinajstić information content (AvgIpc) is 3.51. The maximum atomic E-state index is 15.6. The van der Waals surface area contributed by atoms with Crippen molar-refractivity contribution in [2.24, 2.45) is 0 Å². The van der Waals surface area contributed by atoms with E-state index in [9.17, 15) is 25.1 Å². The Morgan fingerprint density at radius 1 is 0.952 bits per heavy atom. The van der Waals surface area contributed by atoms with Gasteiger partial charge in [-0.3, -0.25) is 9.69 Å². The molecule has 0 unspecified atom stereocenters. The Morgan fingerprint density at radius 2 is 1.62 bits per heavy atom. The molecule has 0 aliphatic carbocycles. The number of carbonyl (C=O) groups is 1. The van der Waals surface area contributed by atoms with E-state index in [-0.39, 0.29) is 16.6 Å². The third-order valence-corrected chi connectivity index (χ3v) is 8.20. The minimum absolute atomic E-state index is 0.0439. The van der Waals surface area contributed by atoms with Crippen LogP contribution in [0.15, 0.2) is 65.6 Å². The van der Waals surface area contributed by atoms with E-state index in [0.29, 0.717) is 37.4 Å². The Bertz CT molecular complexity index is 1770. The molecule has 2 aliphatic rings. The van der Waals surface area contributed by atoms with Crippen LogP contribution in [-0.4, -0.2) is 64.9 Å². The van der Waals surface area contributed by atoms with E-state index in [0.717, 1.165) is 37.0 Å². The van der Waals surface area contributed by atoms with Crippen LogP contribution >= 0.6 is 0 Å². The third-order valence-electron chi connectivity index (χ3n) is 8.20. The maximum Gasteiger partial charge on any atom is 0.341 e. The number of hydrogen-bond donors (Lipinski definition) is 2. The van der Waals surface area contributed by atoms with E-state index < -0.39 is 28.5 Å². The van der Waals surface area contributed by atoms with Crippen molar-refractivity contribution in [1.29, 1.82) is 5.26 Å². The fourth-order valence-corrected chi connectivity index (χ4v) is 6.06. The van der Waals surface area contributed by atoms with Crippen LogP contribution in [-0.2, 0) is 6.54 Å². The lowest BCUT2D eigenvalue weighted by Crippen LogP contribution is -2.47. The molecule has 2 aliphatic heterocycles. The van der Waals surface area contributed by atoms with Crippen molar-refractivity contribution in [3.05, 3.63) is 93.5 Å². The van der Waals surface area contributed by atoms with Gasteiger partial charge in [-0.1, -0.05) is 24.3 Å². The standard InChI is InChI=1S/C32H30FN5O4/c33-26-17-24-28(31(40)29(26)37-15-13-36(14-16-37)27-6-2-1-5-22(27)18-34)38(20-25(30(24)39)32(41)42)23-9-7-21(8-10-23)19-35-11-3-4-12-35/h1-2,5-10,17,20,40H,3-4,11-16,19H2,(H,41,42). The summed E-state index contributed by atoms with van der Waals surface area (Å²) < 4.78 is 17.1. The molecule has 2 saturated heterocycles. The number of rotatable bonds is 6. The maximum absolute atomic E-state index is 15.6. The Balaban J connectivity index is 1.39. The van der Waals surface area contributed by atoms with Crippen LogP contribution in [0, 0.1) is 17.1 Å². The lowest BCUT2D eigenvalue weighted by Gasteiger charge is -2.38. The number of nitrogens with zero attached hydrogens (tertiary/aromatic N) is 5. The summed E-state index contributed by atoms with van der Waals surface area (Å²) in [5.41, 5.74) is 1.61. The number of carboxylic acid groups (broad SMARTS) is 1. The molecule has 9 nitrogen and oxygen atoms in total. The molecule has 42 heavy (non-hydrogen) atoms. The van der Waals surface area contributed by atoms with Crippen molar-refractivity contribution in [2.45, 2.75) is 19.4 Å². The molecule has 3 aromatic carbocycles. The van der Waals surface area contributed by atoms with Gasteiger partial charge in [0.2, 0.25) is 5.43 Å². The number of piperazine rings is 1. The van der Waals surface area contributed by atoms with Gasteiger partial charge in [-0.05, 0) is 61.8 Å². The molecule has 2 N–H and O–H groups in total. The van der Waals surface area contributed by atoms with Crippen molar-refractivity contribution in [2.75, 3.05) is 49.1 Å². The van der Waals surface area contributed by atoms with E-state index >= 15 is 4.39 Å². The highest BCUT2D eigenvalue weighted by atomic mass is 19.1. The van der Waals surface area contributed by atoms with Crippen LogP contribution in [0.5, 0.6) is 5.75 Å². The van der Waals surface area contributed by atoms with Crippen LogP contribution in [0.3, 0.4) is 0 Å². The molecular formula is C32H30FN5O4. The van der Waals surface area contributed by atoms with Crippen molar-refractivity contribution in [1.82, 2.24) is 9.47 Å². The summed E-state index contributed by atoms with van der Waals surface area (Å²) in [5.74, 6) is -2.66. The van der Waals surface area contributed by atoms with Gasteiger partial charge >= 0.3 is 5.97 Å². The zero-order valence-electron chi connectivity index (χ0n) is 23.0. The fourth-order valence-electron chi connectivity index (χ4n) is 6.06. The molecule has 2 fully saturated rings. The average molecular weight is 568 g/mol. The van der Waals surface area contributed by atoms with Crippen molar-refractivity contribution in [3.8, 4) is 17.5 Å². The molecule has 10 heteroatoms. The number of hydrogen-bond acceptors (Lipinski definition) is 7. The first kappa shape index (κ1) is 27.3. The summed E-state index contributed by atoms with van der Waals surface area (Å²) in [6, 6.07) is 18.0. The molecule has 6 rings (SSSR count). The van der Waals surface area contributed by atoms with Crippen molar-refractivity contribution < 1.29 is 19.4 Å². The summed E-state index contributed by atoms with van der Waals surface area (Å²) in [5, 5.41) is 30.6. The fraction of sp³-hybridized carbons (Fsp3) is 0.281. The Labute approximate surface area is 241 Å². The lowest BCUT2D eigenvalue weighted by molar-refractivity contribution is 0.0695. The SMILES string of the molecule is N#Cc1ccccc1N1CCN(c2c(F)cc3c(=O)c(C(=O)O)cn(-c4ccc(CN5CCCC5)cc4)c3c2O)CC1. The third kappa shape index (κ3) is 4.92. The number of aromatic hydroxyl groups is 1. The number of nitriles is 1. The van der Waals surface area contributed by atoms with Gasteiger partial charge in [0, 0.05) is 44.6 Å². The smallest absolute Gasteiger partial charge is 0.341 e. The van der Waals surface area contributed by atoms with E-state index in [4.69, 9.17) is 0 Å². The number of anilines is 2.